The Morgan fingerprint density at radius 2 is 1.80 bits per heavy atom. The third-order valence-electron chi connectivity index (χ3n) is 2.49. The van der Waals surface area contributed by atoms with Gasteiger partial charge in [-0.2, -0.15) is 0 Å². The highest BCUT2D eigenvalue weighted by Gasteiger charge is 2.22. The van der Waals surface area contributed by atoms with E-state index >= 15 is 0 Å². The van der Waals surface area contributed by atoms with Crippen LogP contribution in [0.3, 0.4) is 0 Å². The van der Waals surface area contributed by atoms with Gasteiger partial charge in [-0.1, -0.05) is 29.8 Å². The van der Waals surface area contributed by atoms with Gasteiger partial charge in [-0.05, 0) is 47.1 Å². The summed E-state index contributed by atoms with van der Waals surface area (Å²) in [5.41, 5.74) is 4.89. The van der Waals surface area contributed by atoms with Crippen LogP contribution in [0.2, 0.25) is 0 Å². The minimum Gasteiger partial charge on any atom is -0.443 e. The number of amides is 1. The van der Waals surface area contributed by atoms with E-state index in [1.807, 2.05) is 65.8 Å². The van der Waals surface area contributed by atoms with E-state index < -0.39 is 5.60 Å². The summed E-state index contributed by atoms with van der Waals surface area (Å²) in [5, 5.41) is 1.53. The molecule has 0 saturated carbocycles. The highest BCUT2D eigenvalue weighted by molar-refractivity contribution is 5.67. The van der Waals surface area contributed by atoms with Gasteiger partial charge in [0.2, 0.25) is 0 Å². The molecule has 0 saturated heterocycles. The molecule has 0 aliphatic heterocycles. The fourth-order valence-corrected chi connectivity index (χ4v) is 1.67. The van der Waals surface area contributed by atoms with Crippen molar-refractivity contribution in [2.45, 2.75) is 59.7 Å². The van der Waals surface area contributed by atoms with Crippen molar-refractivity contribution >= 4 is 6.09 Å². The lowest BCUT2D eigenvalue weighted by molar-refractivity contribution is 0.00861. The highest BCUT2D eigenvalue weighted by Crippen LogP contribution is 2.12. The summed E-state index contributed by atoms with van der Waals surface area (Å²) in [4.78, 5) is 12.2. The average Bonchev–Trinajstić information content (AvgIpc) is 2.28. The molecule has 0 spiro atoms. The van der Waals surface area contributed by atoms with Crippen LogP contribution in [0.1, 0.15) is 45.7 Å². The van der Waals surface area contributed by atoms with Crippen LogP contribution < -0.4 is 5.43 Å². The Bertz CT molecular complexity index is 433. The first kappa shape index (κ1) is 16.5. The van der Waals surface area contributed by atoms with Crippen LogP contribution in [0.5, 0.6) is 0 Å². The minimum atomic E-state index is -0.499. The fraction of sp³-hybridized carbons (Fsp3) is 0.562. The molecule has 0 heterocycles. The fourth-order valence-electron chi connectivity index (χ4n) is 1.67. The van der Waals surface area contributed by atoms with Crippen LogP contribution in [-0.2, 0) is 11.3 Å². The first-order valence-corrected chi connectivity index (χ1v) is 6.99. The van der Waals surface area contributed by atoms with Gasteiger partial charge in [0.1, 0.15) is 5.60 Å². The molecular weight excluding hydrogens is 252 g/mol. The number of hydrazine groups is 1. The van der Waals surface area contributed by atoms with E-state index in [1.54, 1.807) is 0 Å². The predicted octanol–water partition coefficient (Wildman–Crippen LogP) is 3.65. The molecule has 1 aromatic carbocycles. The number of nitrogens with one attached hydrogen (secondary N) is 1. The molecule has 1 rings (SSSR count). The van der Waals surface area contributed by atoms with Crippen molar-refractivity contribution in [1.82, 2.24) is 10.4 Å². The van der Waals surface area contributed by atoms with Gasteiger partial charge in [0, 0.05) is 6.04 Å². The van der Waals surface area contributed by atoms with Gasteiger partial charge in [-0.25, -0.2) is 15.2 Å². The SMILES string of the molecule is Cc1ccc(CN(NC(C)C)C(=O)OC(C)(C)C)cc1. The summed E-state index contributed by atoms with van der Waals surface area (Å²) >= 11 is 0. The molecule has 0 radical (unpaired) electrons. The normalized spacial score (nSPS) is 11.6. The lowest BCUT2D eigenvalue weighted by atomic mass is 10.1. The molecule has 1 amide bonds. The smallest absolute Gasteiger partial charge is 0.425 e. The van der Waals surface area contributed by atoms with E-state index in [-0.39, 0.29) is 12.1 Å². The molecule has 0 aromatic heterocycles. The van der Waals surface area contributed by atoms with Crippen molar-refractivity contribution in [3.05, 3.63) is 35.4 Å². The van der Waals surface area contributed by atoms with Gasteiger partial charge in [0.05, 0.1) is 6.54 Å². The summed E-state index contributed by atoms with van der Waals surface area (Å²) in [7, 11) is 0. The molecule has 4 nitrogen and oxygen atoms in total. The first-order chi connectivity index (χ1) is 9.17. The second kappa shape index (κ2) is 6.75. The van der Waals surface area contributed by atoms with Gasteiger partial charge >= 0.3 is 6.09 Å². The Balaban J connectivity index is 2.78. The second-order valence-corrected chi connectivity index (χ2v) is 6.34. The maximum atomic E-state index is 12.2. The van der Waals surface area contributed by atoms with Crippen molar-refractivity contribution in [3.63, 3.8) is 0 Å². The third kappa shape index (κ3) is 6.06. The number of carbonyl (C=O) groups is 1. The molecule has 4 heteroatoms. The maximum absolute atomic E-state index is 12.2. The van der Waals surface area contributed by atoms with E-state index in [1.165, 1.54) is 10.6 Å². The van der Waals surface area contributed by atoms with E-state index in [9.17, 15) is 4.79 Å². The summed E-state index contributed by atoms with van der Waals surface area (Å²) in [6.07, 6.45) is -0.355. The molecule has 20 heavy (non-hydrogen) atoms. The van der Waals surface area contributed by atoms with Crippen LogP contribution in [0, 0.1) is 6.92 Å². The molecule has 0 unspecified atom stereocenters. The molecule has 1 N–H and O–H groups in total. The lowest BCUT2D eigenvalue weighted by Gasteiger charge is -2.29. The molecule has 0 aliphatic rings. The Morgan fingerprint density at radius 1 is 1.25 bits per heavy atom. The highest BCUT2D eigenvalue weighted by atomic mass is 16.6. The summed E-state index contributed by atoms with van der Waals surface area (Å²) in [6.45, 7) is 12.1. The zero-order valence-electron chi connectivity index (χ0n) is 13.4. The van der Waals surface area contributed by atoms with Crippen molar-refractivity contribution in [1.29, 1.82) is 0 Å². The molecular formula is C16H26N2O2. The van der Waals surface area contributed by atoms with E-state index in [0.29, 0.717) is 6.54 Å². The number of hydrogen-bond acceptors (Lipinski definition) is 3. The van der Waals surface area contributed by atoms with Crippen LogP contribution in [0.15, 0.2) is 24.3 Å². The Labute approximate surface area is 122 Å². The monoisotopic (exact) mass is 278 g/mol. The third-order valence-corrected chi connectivity index (χ3v) is 2.49. The lowest BCUT2D eigenvalue weighted by Crippen LogP contribution is -2.47. The number of ether oxygens (including phenoxy) is 1. The average molecular weight is 278 g/mol. The molecule has 0 aliphatic carbocycles. The Hall–Kier alpha value is -1.55. The van der Waals surface area contributed by atoms with Crippen molar-refractivity contribution in [3.8, 4) is 0 Å². The van der Waals surface area contributed by atoms with Gasteiger partial charge in [-0.3, -0.25) is 0 Å². The standard InChI is InChI=1S/C16H26N2O2/c1-12(2)17-18(15(19)20-16(4,5)6)11-14-9-7-13(3)8-10-14/h7-10,12,17H,11H2,1-6H3. The molecule has 1 aromatic rings. The number of carbonyl (C=O) groups excluding carboxylic acids is 1. The van der Waals surface area contributed by atoms with Gasteiger partial charge in [0.15, 0.2) is 0 Å². The van der Waals surface area contributed by atoms with Gasteiger partial charge in [-0.15, -0.1) is 0 Å². The number of aryl methyl sites for hydroxylation is 1. The predicted molar refractivity (Wildman–Crippen MR) is 81.2 cm³/mol. The summed E-state index contributed by atoms with van der Waals surface area (Å²) < 4.78 is 5.42. The van der Waals surface area contributed by atoms with E-state index in [0.717, 1.165) is 5.56 Å². The van der Waals surface area contributed by atoms with Crippen LogP contribution in [0.25, 0.3) is 0 Å². The van der Waals surface area contributed by atoms with Crippen molar-refractivity contribution in [2.24, 2.45) is 0 Å². The molecule has 0 atom stereocenters. The largest absolute Gasteiger partial charge is 0.443 e. The molecule has 112 valence electrons. The number of rotatable bonds is 4. The Morgan fingerprint density at radius 3 is 2.25 bits per heavy atom. The second-order valence-electron chi connectivity index (χ2n) is 6.34. The van der Waals surface area contributed by atoms with Crippen molar-refractivity contribution in [2.75, 3.05) is 0 Å². The van der Waals surface area contributed by atoms with Gasteiger partial charge < -0.3 is 4.74 Å². The minimum absolute atomic E-state index is 0.160. The van der Waals surface area contributed by atoms with Crippen LogP contribution in [0.4, 0.5) is 4.79 Å². The number of benzene rings is 1. The molecule has 0 bridgehead atoms. The van der Waals surface area contributed by atoms with Gasteiger partial charge in [0.25, 0.3) is 0 Å². The number of hydrogen-bond donors (Lipinski definition) is 1. The quantitative estimate of drug-likeness (QED) is 0.855. The summed E-state index contributed by atoms with van der Waals surface area (Å²) in [6, 6.07) is 8.28. The van der Waals surface area contributed by atoms with Crippen LogP contribution in [-0.4, -0.2) is 22.7 Å². The topological polar surface area (TPSA) is 41.6 Å². The number of nitrogens with zero attached hydrogens (tertiary/aromatic N) is 1. The zero-order valence-corrected chi connectivity index (χ0v) is 13.4. The van der Waals surface area contributed by atoms with E-state index in [2.05, 4.69) is 5.43 Å². The first-order valence-electron chi connectivity index (χ1n) is 6.99. The maximum Gasteiger partial charge on any atom is 0.425 e. The molecule has 0 fully saturated rings. The Kier molecular flexibility index (Phi) is 5.57. The van der Waals surface area contributed by atoms with Crippen molar-refractivity contribution < 1.29 is 9.53 Å². The van der Waals surface area contributed by atoms with Crippen LogP contribution >= 0.6 is 0 Å². The zero-order chi connectivity index (χ0) is 15.3. The summed E-state index contributed by atoms with van der Waals surface area (Å²) in [5.74, 6) is 0. The van der Waals surface area contributed by atoms with E-state index in [4.69, 9.17) is 4.74 Å².